The summed E-state index contributed by atoms with van der Waals surface area (Å²) in [6.45, 7) is 2.94. The Hall–Kier alpha value is -1.31. The van der Waals surface area contributed by atoms with Crippen molar-refractivity contribution in [2.75, 3.05) is 13.1 Å². The highest BCUT2D eigenvalue weighted by Crippen LogP contribution is 2.23. The summed E-state index contributed by atoms with van der Waals surface area (Å²) in [6.07, 6.45) is 7.14. The Labute approximate surface area is 109 Å². The topological polar surface area (TPSA) is 37.4 Å². The Balaban J connectivity index is 2.26. The lowest BCUT2D eigenvalue weighted by molar-refractivity contribution is 0.306. The van der Waals surface area contributed by atoms with E-state index in [-0.39, 0.29) is 5.92 Å². The van der Waals surface area contributed by atoms with E-state index in [0.717, 1.165) is 18.4 Å². The van der Waals surface area contributed by atoms with E-state index < -0.39 is 10.0 Å². The van der Waals surface area contributed by atoms with Gasteiger partial charge in [0.1, 0.15) is 0 Å². The van der Waals surface area contributed by atoms with Crippen molar-refractivity contribution in [1.29, 1.82) is 0 Å². The summed E-state index contributed by atoms with van der Waals surface area (Å²) < 4.78 is 26.3. The summed E-state index contributed by atoms with van der Waals surface area (Å²) in [7, 11) is -3.38. The average Bonchev–Trinajstić information content (AvgIpc) is 2.39. The lowest BCUT2D eigenvalue weighted by Crippen LogP contribution is -2.39. The fourth-order valence-corrected chi connectivity index (χ4v) is 3.68. The summed E-state index contributed by atoms with van der Waals surface area (Å²) in [5.41, 5.74) is 1.05. The first-order valence-corrected chi connectivity index (χ1v) is 7.51. The Morgan fingerprint density at radius 2 is 2.00 bits per heavy atom. The van der Waals surface area contributed by atoms with Crippen molar-refractivity contribution in [3.8, 4) is 12.3 Å². The summed E-state index contributed by atoms with van der Waals surface area (Å²) in [5.74, 6) is 2.70. The minimum atomic E-state index is -3.38. The van der Waals surface area contributed by atoms with Gasteiger partial charge in [-0.25, -0.2) is 8.42 Å². The number of hydrogen-bond donors (Lipinski definition) is 0. The number of hydrogen-bond acceptors (Lipinski definition) is 2. The van der Waals surface area contributed by atoms with Gasteiger partial charge >= 0.3 is 0 Å². The smallest absolute Gasteiger partial charge is 0.207 e. The molecule has 1 atom stereocenters. The van der Waals surface area contributed by atoms with Gasteiger partial charge in [0.25, 0.3) is 0 Å². The van der Waals surface area contributed by atoms with Crippen LogP contribution in [0.5, 0.6) is 0 Å². The van der Waals surface area contributed by atoms with Gasteiger partial charge in [0.05, 0.1) is 4.90 Å². The van der Waals surface area contributed by atoms with Gasteiger partial charge in [0.15, 0.2) is 0 Å². The van der Waals surface area contributed by atoms with Crippen LogP contribution in [0.15, 0.2) is 29.2 Å². The summed E-state index contributed by atoms with van der Waals surface area (Å²) >= 11 is 0. The van der Waals surface area contributed by atoms with Crippen LogP contribution in [-0.4, -0.2) is 25.8 Å². The zero-order chi connectivity index (χ0) is 13.2. The normalized spacial score (nSPS) is 21.4. The molecule has 1 aromatic carbocycles. The van der Waals surface area contributed by atoms with Gasteiger partial charge in [-0.05, 0) is 31.9 Å². The van der Waals surface area contributed by atoms with E-state index in [0.29, 0.717) is 18.0 Å². The van der Waals surface area contributed by atoms with Crippen LogP contribution < -0.4 is 0 Å². The van der Waals surface area contributed by atoms with Gasteiger partial charge in [0, 0.05) is 19.0 Å². The number of rotatable bonds is 2. The third kappa shape index (κ3) is 2.58. The molecule has 0 radical (unpaired) electrons. The highest BCUT2D eigenvalue weighted by molar-refractivity contribution is 7.89. The second-order valence-corrected chi connectivity index (χ2v) is 6.62. The molecule has 1 unspecified atom stereocenters. The molecule has 1 heterocycles. The number of sulfonamides is 1. The fraction of sp³-hybridized carbons (Fsp3) is 0.429. The van der Waals surface area contributed by atoms with E-state index in [9.17, 15) is 8.42 Å². The van der Waals surface area contributed by atoms with Crippen LogP contribution >= 0.6 is 0 Å². The van der Waals surface area contributed by atoms with Gasteiger partial charge in [0.2, 0.25) is 10.0 Å². The molecular formula is C14H17NO2S. The molecule has 96 valence electrons. The summed E-state index contributed by atoms with van der Waals surface area (Å²) in [6, 6.07) is 6.94. The summed E-state index contributed by atoms with van der Waals surface area (Å²) in [5, 5.41) is 0. The first-order chi connectivity index (χ1) is 8.54. The maximum absolute atomic E-state index is 12.4. The van der Waals surface area contributed by atoms with Gasteiger partial charge < -0.3 is 0 Å². The van der Waals surface area contributed by atoms with Crippen molar-refractivity contribution in [1.82, 2.24) is 4.31 Å². The SMILES string of the molecule is C#CC1CCCN(S(=O)(=O)c2ccc(C)cc2)C1. The van der Waals surface area contributed by atoms with E-state index in [4.69, 9.17) is 6.42 Å². The molecule has 1 fully saturated rings. The van der Waals surface area contributed by atoms with Crippen molar-refractivity contribution in [2.24, 2.45) is 5.92 Å². The number of nitrogens with zero attached hydrogens (tertiary/aromatic N) is 1. The Morgan fingerprint density at radius 3 is 2.61 bits per heavy atom. The van der Waals surface area contributed by atoms with E-state index in [1.54, 1.807) is 12.1 Å². The van der Waals surface area contributed by atoms with Crippen LogP contribution in [0.4, 0.5) is 0 Å². The molecule has 1 aliphatic rings. The molecule has 4 heteroatoms. The number of benzene rings is 1. The molecule has 2 rings (SSSR count). The molecule has 1 aromatic rings. The van der Waals surface area contributed by atoms with Crippen molar-refractivity contribution < 1.29 is 8.42 Å². The minimum absolute atomic E-state index is 0.0407. The molecule has 1 aliphatic heterocycles. The van der Waals surface area contributed by atoms with Crippen molar-refractivity contribution in [2.45, 2.75) is 24.7 Å². The third-order valence-corrected chi connectivity index (χ3v) is 5.16. The standard InChI is InChI=1S/C14H17NO2S/c1-3-13-5-4-10-15(11-13)18(16,17)14-8-6-12(2)7-9-14/h1,6-9,13H,4-5,10-11H2,2H3. The maximum atomic E-state index is 12.4. The van der Waals surface area contributed by atoms with Crippen molar-refractivity contribution in [3.05, 3.63) is 29.8 Å². The van der Waals surface area contributed by atoms with Crippen LogP contribution in [0.25, 0.3) is 0 Å². The quantitative estimate of drug-likeness (QED) is 0.766. The average molecular weight is 263 g/mol. The largest absolute Gasteiger partial charge is 0.243 e. The molecule has 0 aromatic heterocycles. The Bertz CT molecular complexity index is 554. The molecule has 3 nitrogen and oxygen atoms in total. The van der Waals surface area contributed by atoms with Gasteiger partial charge in [-0.3, -0.25) is 0 Å². The van der Waals surface area contributed by atoms with Gasteiger partial charge in [-0.2, -0.15) is 4.31 Å². The zero-order valence-corrected chi connectivity index (χ0v) is 11.3. The lowest BCUT2D eigenvalue weighted by atomic mass is 10.0. The molecule has 0 saturated carbocycles. The van der Waals surface area contributed by atoms with Crippen molar-refractivity contribution in [3.63, 3.8) is 0 Å². The molecule has 0 bridgehead atoms. The molecule has 0 spiro atoms. The monoisotopic (exact) mass is 263 g/mol. The second-order valence-electron chi connectivity index (χ2n) is 4.68. The van der Waals surface area contributed by atoms with Gasteiger partial charge in [-0.1, -0.05) is 17.7 Å². The van der Waals surface area contributed by atoms with Crippen LogP contribution in [-0.2, 0) is 10.0 Å². The number of aryl methyl sites for hydroxylation is 1. The van der Waals surface area contributed by atoms with Crippen LogP contribution in [0, 0.1) is 25.2 Å². The summed E-state index contributed by atoms with van der Waals surface area (Å²) in [4.78, 5) is 0.353. The van der Waals surface area contributed by atoms with Crippen LogP contribution in [0.1, 0.15) is 18.4 Å². The van der Waals surface area contributed by atoms with Crippen LogP contribution in [0.3, 0.4) is 0 Å². The van der Waals surface area contributed by atoms with E-state index in [1.807, 2.05) is 19.1 Å². The molecule has 0 N–H and O–H groups in total. The first-order valence-electron chi connectivity index (χ1n) is 6.07. The number of terminal acetylenes is 1. The molecule has 0 amide bonds. The molecule has 1 saturated heterocycles. The second kappa shape index (κ2) is 5.13. The Kier molecular flexibility index (Phi) is 3.74. The highest BCUT2D eigenvalue weighted by Gasteiger charge is 2.29. The van der Waals surface area contributed by atoms with Gasteiger partial charge in [-0.15, -0.1) is 12.3 Å². The van der Waals surface area contributed by atoms with E-state index in [2.05, 4.69) is 5.92 Å². The lowest BCUT2D eigenvalue weighted by Gasteiger charge is -2.29. The van der Waals surface area contributed by atoms with E-state index >= 15 is 0 Å². The molecular weight excluding hydrogens is 246 g/mol. The third-order valence-electron chi connectivity index (χ3n) is 3.28. The molecule has 18 heavy (non-hydrogen) atoms. The van der Waals surface area contributed by atoms with Crippen LogP contribution in [0.2, 0.25) is 0 Å². The van der Waals surface area contributed by atoms with E-state index in [1.165, 1.54) is 4.31 Å². The molecule has 0 aliphatic carbocycles. The highest BCUT2D eigenvalue weighted by atomic mass is 32.2. The fourth-order valence-electron chi connectivity index (χ4n) is 2.16. The maximum Gasteiger partial charge on any atom is 0.243 e. The zero-order valence-electron chi connectivity index (χ0n) is 10.5. The predicted molar refractivity (Wildman–Crippen MR) is 71.5 cm³/mol. The Morgan fingerprint density at radius 1 is 1.33 bits per heavy atom. The van der Waals surface area contributed by atoms with Crippen molar-refractivity contribution >= 4 is 10.0 Å². The number of piperidine rings is 1. The predicted octanol–water partition coefficient (Wildman–Crippen LogP) is 2.03. The minimum Gasteiger partial charge on any atom is -0.207 e. The first kappa shape index (κ1) is 13.1.